The zero-order valence-electron chi connectivity index (χ0n) is 17.1. The second-order valence-electron chi connectivity index (χ2n) is 8.22. The number of hydrogen-bond donors (Lipinski definition) is 0. The van der Waals surface area contributed by atoms with E-state index >= 15 is 0 Å². The Morgan fingerprint density at radius 2 is 1.76 bits per heavy atom. The number of rotatable bonds is 6. The molecule has 1 aliphatic heterocycles. The van der Waals surface area contributed by atoms with Gasteiger partial charge in [-0.15, -0.1) is 0 Å². The molecule has 0 spiro atoms. The van der Waals surface area contributed by atoms with Crippen LogP contribution in [-0.2, 0) is 16.2 Å². The second kappa shape index (κ2) is 8.28. The van der Waals surface area contributed by atoms with Crippen LogP contribution in [0.4, 0.5) is 5.69 Å². The fraction of sp³-hybridized carbons (Fsp3) is 0.261. The van der Waals surface area contributed by atoms with E-state index in [1.807, 2.05) is 12.2 Å². The van der Waals surface area contributed by atoms with E-state index in [1.54, 1.807) is 24.3 Å². The van der Waals surface area contributed by atoms with Gasteiger partial charge in [-0.1, -0.05) is 53.6 Å². The monoisotopic (exact) mass is 485 g/mol. The van der Waals surface area contributed by atoms with Gasteiger partial charge in [0, 0.05) is 22.2 Å². The Bertz CT molecular complexity index is 1210. The van der Waals surface area contributed by atoms with E-state index in [2.05, 4.69) is 5.10 Å². The number of hydrazone groups is 1. The quantitative estimate of drug-likeness (QED) is 0.195. The van der Waals surface area contributed by atoms with Crippen LogP contribution >= 0.6 is 23.2 Å². The smallest absolute Gasteiger partial charge is 0.313 e. The standard InChI is InChI=1S/C23H17Cl2N3O5/c24-16-4-2-1-3-15(16)11-33-21-17(25)7-12(8-18(21)28(31)32)10-26-27-22(29)19-13-5-6-14(9-13)20(19)23(27)30/h1-8,10,13-14,19-20H,9,11H2/t13-,14-,19-,20+/m0/s1. The van der Waals surface area contributed by atoms with E-state index in [0.29, 0.717) is 10.6 Å². The summed E-state index contributed by atoms with van der Waals surface area (Å²) in [6.45, 7) is -0.0103. The molecule has 2 fully saturated rings. The molecule has 5 rings (SSSR count). The Morgan fingerprint density at radius 3 is 2.39 bits per heavy atom. The number of allylic oxidation sites excluding steroid dienone is 2. The van der Waals surface area contributed by atoms with E-state index in [4.69, 9.17) is 27.9 Å². The molecule has 2 bridgehead atoms. The molecule has 3 aliphatic rings. The van der Waals surface area contributed by atoms with Crippen LogP contribution in [0.3, 0.4) is 0 Å². The van der Waals surface area contributed by atoms with Crippen LogP contribution in [0.2, 0.25) is 10.0 Å². The van der Waals surface area contributed by atoms with Gasteiger partial charge >= 0.3 is 5.69 Å². The number of fused-ring (bicyclic) bond motifs is 5. The maximum atomic E-state index is 12.7. The normalized spacial score (nSPS) is 25.3. The topological polar surface area (TPSA) is 102 Å². The highest BCUT2D eigenvalue weighted by atomic mass is 35.5. The third-order valence-corrected chi connectivity index (χ3v) is 6.99. The molecular weight excluding hydrogens is 469 g/mol. The number of carbonyl (C=O) groups is 2. The van der Waals surface area contributed by atoms with Crippen molar-refractivity contribution in [1.82, 2.24) is 5.01 Å². The fourth-order valence-electron chi connectivity index (χ4n) is 4.84. The van der Waals surface area contributed by atoms with Gasteiger partial charge < -0.3 is 4.74 Å². The number of imide groups is 1. The number of nitro benzene ring substituents is 1. The summed E-state index contributed by atoms with van der Waals surface area (Å²) in [6, 6.07) is 9.62. The minimum absolute atomic E-state index is 0.00380. The molecular formula is C23H17Cl2N3O5. The first kappa shape index (κ1) is 21.6. The molecule has 0 aromatic heterocycles. The lowest BCUT2D eigenvalue weighted by Crippen LogP contribution is -2.28. The van der Waals surface area contributed by atoms with Gasteiger partial charge in [-0.2, -0.15) is 10.1 Å². The molecule has 168 valence electrons. The molecule has 1 saturated heterocycles. The number of halogens is 2. The average molecular weight is 486 g/mol. The van der Waals surface area contributed by atoms with E-state index in [0.717, 1.165) is 11.4 Å². The summed E-state index contributed by atoms with van der Waals surface area (Å²) >= 11 is 12.4. The maximum Gasteiger partial charge on any atom is 0.313 e. The molecule has 0 N–H and O–H groups in total. The number of nitro groups is 1. The number of benzene rings is 2. The molecule has 2 aliphatic carbocycles. The molecule has 1 saturated carbocycles. The largest absolute Gasteiger partial charge is 0.481 e. The van der Waals surface area contributed by atoms with Crippen LogP contribution in [0.25, 0.3) is 0 Å². The molecule has 8 nitrogen and oxygen atoms in total. The molecule has 4 atom stereocenters. The van der Waals surface area contributed by atoms with Gasteiger partial charge in [-0.3, -0.25) is 19.7 Å². The van der Waals surface area contributed by atoms with E-state index in [-0.39, 0.29) is 64.1 Å². The third-order valence-electron chi connectivity index (χ3n) is 6.34. The number of hydrogen-bond acceptors (Lipinski definition) is 6. The fourth-order valence-corrected chi connectivity index (χ4v) is 5.31. The summed E-state index contributed by atoms with van der Waals surface area (Å²) in [5, 5.41) is 17.0. The van der Waals surface area contributed by atoms with Crippen molar-refractivity contribution in [2.45, 2.75) is 13.0 Å². The minimum Gasteiger partial charge on any atom is -0.481 e. The van der Waals surface area contributed by atoms with Gasteiger partial charge in [0.15, 0.2) is 0 Å². The summed E-state index contributed by atoms with van der Waals surface area (Å²) in [7, 11) is 0. The molecule has 2 aromatic carbocycles. The molecule has 0 radical (unpaired) electrons. The van der Waals surface area contributed by atoms with Crippen LogP contribution in [0.15, 0.2) is 53.7 Å². The van der Waals surface area contributed by atoms with Crippen molar-refractivity contribution in [3.63, 3.8) is 0 Å². The highest BCUT2D eigenvalue weighted by Gasteiger charge is 2.59. The lowest BCUT2D eigenvalue weighted by atomic mass is 9.85. The first-order chi connectivity index (χ1) is 15.8. The molecule has 33 heavy (non-hydrogen) atoms. The van der Waals surface area contributed by atoms with Crippen LogP contribution < -0.4 is 4.74 Å². The summed E-state index contributed by atoms with van der Waals surface area (Å²) in [5.74, 6) is -1.38. The predicted octanol–water partition coefficient (Wildman–Crippen LogP) is 4.62. The van der Waals surface area contributed by atoms with Crippen LogP contribution in [0.5, 0.6) is 5.75 Å². The van der Waals surface area contributed by atoms with Gasteiger partial charge in [0.1, 0.15) is 6.61 Å². The van der Waals surface area contributed by atoms with Gasteiger partial charge in [0.05, 0.1) is 28.0 Å². The van der Waals surface area contributed by atoms with Crippen molar-refractivity contribution in [2.24, 2.45) is 28.8 Å². The number of nitrogens with zero attached hydrogens (tertiary/aromatic N) is 3. The lowest BCUT2D eigenvalue weighted by Gasteiger charge is -2.13. The second-order valence-corrected chi connectivity index (χ2v) is 9.04. The Balaban J connectivity index is 1.38. The van der Waals surface area contributed by atoms with Crippen molar-refractivity contribution in [3.05, 3.63) is 79.8 Å². The van der Waals surface area contributed by atoms with Gasteiger partial charge in [-0.05, 0) is 30.4 Å². The minimum atomic E-state index is -0.620. The van der Waals surface area contributed by atoms with E-state index in [9.17, 15) is 19.7 Å². The van der Waals surface area contributed by atoms with Crippen LogP contribution in [-0.4, -0.2) is 28.0 Å². The number of carbonyl (C=O) groups excluding carboxylic acids is 2. The highest BCUT2D eigenvalue weighted by molar-refractivity contribution is 6.33. The Morgan fingerprint density at radius 1 is 1.09 bits per heavy atom. The average Bonchev–Trinajstić information content (AvgIpc) is 3.46. The van der Waals surface area contributed by atoms with Crippen LogP contribution in [0, 0.1) is 33.8 Å². The zero-order valence-corrected chi connectivity index (χ0v) is 18.6. The summed E-state index contributed by atoms with van der Waals surface area (Å²) < 4.78 is 5.62. The SMILES string of the molecule is O=C1[C@@H]2[C@H](C(=O)N1N=Cc1cc(Cl)c(OCc3ccccc3Cl)c([N+](=O)[O-])c1)[C@H]1C=C[C@H]2C1. The van der Waals surface area contributed by atoms with Crippen molar-refractivity contribution < 1.29 is 19.2 Å². The molecule has 2 aromatic rings. The van der Waals surface area contributed by atoms with Crippen molar-refractivity contribution in [2.75, 3.05) is 0 Å². The van der Waals surface area contributed by atoms with E-state index in [1.165, 1.54) is 18.3 Å². The Kier molecular flexibility index (Phi) is 5.42. The van der Waals surface area contributed by atoms with Gasteiger partial charge in [0.25, 0.3) is 11.8 Å². The summed E-state index contributed by atoms with van der Waals surface area (Å²) in [6.07, 6.45) is 6.04. The highest BCUT2D eigenvalue weighted by Crippen LogP contribution is 2.52. The summed E-state index contributed by atoms with van der Waals surface area (Å²) in [5.41, 5.74) is 0.542. The number of ether oxygens (including phenoxy) is 1. The number of amides is 2. The first-order valence-electron chi connectivity index (χ1n) is 10.3. The van der Waals surface area contributed by atoms with Crippen molar-refractivity contribution in [3.8, 4) is 5.75 Å². The van der Waals surface area contributed by atoms with Crippen molar-refractivity contribution in [1.29, 1.82) is 0 Å². The van der Waals surface area contributed by atoms with Gasteiger partial charge in [-0.25, -0.2) is 0 Å². The third kappa shape index (κ3) is 3.69. The van der Waals surface area contributed by atoms with Crippen molar-refractivity contribution >= 4 is 46.9 Å². The van der Waals surface area contributed by atoms with E-state index < -0.39 is 4.92 Å². The molecule has 1 heterocycles. The van der Waals surface area contributed by atoms with Crippen LogP contribution in [0.1, 0.15) is 17.5 Å². The molecule has 2 amide bonds. The van der Waals surface area contributed by atoms with Gasteiger partial charge in [0.2, 0.25) is 5.75 Å². The maximum absolute atomic E-state index is 12.7. The zero-order chi connectivity index (χ0) is 23.3. The lowest BCUT2D eigenvalue weighted by molar-refractivity contribution is -0.385. The molecule has 10 heteroatoms. The Hall–Kier alpha value is -3.23. The predicted molar refractivity (Wildman–Crippen MR) is 121 cm³/mol. The summed E-state index contributed by atoms with van der Waals surface area (Å²) in [4.78, 5) is 36.5. The Labute approximate surface area is 198 Å². The molecule has 0 unspecified atom stereocenters. The first-order valence-corrected chi connectivity index (χ1v) is 11.0.